The number of rotatable bonds is 4. The van der Waals surface area contributed by atoms with E-state index in [1.807, 2.05) is 72.9 Å². The van der Waals surface area contributed by atoms with Gasteiger partial charge in [0, 0.05) is 38.6 Å². The van der Waals surface area contributed by atoms with Gasteiger partial charge in [-0.1, -0.05) is 60.1 Å². The molecule has 0 aliphatic carbocycles. The van der Waals surface area contributed by atoms with E-state index in [0.29, 0.717) is 11.0 Å². The number of H-pyrrole nitrogens is 1. The van der Waals surface area contributed by atoms with Crippen LogP contribution in [0.3, 0.4) is 0 Å². The predicted octanol–water partition coefficient (Wildman–Crippen LogP) is 5.88. The van der Waals surface area contributed by atoms with E-state index in [2.05, 4.69) is 26.6 Å². The molecule has 0 aliphatic heterocycles. The van der Waals surface area contributed by atoms with Gasteiger partial charge in [0.15, 0.2) is 0 Å². The Balaban J connectivity index is 1.53. The molecule has 3 aromatic carbocycles. The zero-order valence-electron chi connectivity index (χ0n) is 15.3. The largest absolute Gasteiger partial charge is 0.361 e. The summed E-state index contributed by atoms with van der Waals surface area (Å²) < 4.78 is 0. The van der Waals surface area contributed by atoms with Crippen molar-refractivity contribution in [2.24, 2.45) is 5.10 Å². The van der Waals surface area contributed by atoms with Gasteiger partial charge in [0.05, 0.1) is 17.4 Å². The van der Waals surface area contributed by atoms with E-state index in [0.717, 1.165) is 38.6 Å². The molecule has 0 atom stereocenters. The number of fused-ring (bicyclic) bond motifs is 2. The van der Waals surface area contributed by atoms with Crippen LogP contribution in [0.25, 0.3) is 33.1 Å². The van der Waals surface area contributed by atoms with E-state index in [4.69, 9.17) is 16.6 Å². The summed E-state index contributed by atoms with van der Waals surface area (Å²) in [5.41, 5.74) is 7.62. The molecule has 0 aliphatic rings. The highest BCUT2D eigenvalue weighted by Gasteiger charge is 2.10. The molecule has 0 radical (unpaired) electrons. The molecule has 0 unspecified atom stereocenters. The molecule has 6 heteroatoms. The van der Waals surface area contributed by atoms with Crippen LogP contribution in [0, 0.1) is 0 Å². The van der Waals surface area contributed by atoms with E-state index in [9.17, 15) is 0 Å². The topological polar surface area (TPSA) is 66.0 Å². The van der Waals surface area contributed by atoms with Gasteiger partial charge in [-0.15, -0.1) is 0 Å². The van der Waals surface area contributed by atoms with Gasteiger partial charge in [-0.3, -0.25) is 0 Å². The summed E-state index contributed by atoms with van der Waals surface area (Å²) in [7, 11) is 0. The minimum absolute atomic E-state index is 0.426. The zero-order chi connectivity index (χ0) is 19.6. The van der Waals surface area contributed by atoms with E-state index < -0.39 is 0 Å². The van der Waals surface area contributed by atoms with Gasteiger partial charge in [-0.05, 0) is 24.3 Å². The van der Waals surface area contributed by atoms with E-state index in [1.54, 1.807) is 6.21 Å². The second-order valence-electron chi connectivity index (χ2n) is 6.58. The molecule has 2 N–H and O–H groups in total. The van der Waals surface area contributed by atoms with Crippen molar-refractivity contribution in [1.29, 1.82) is 0 Å². The fourth-order valence-corrected chi connectivity index (χ4v) is 3.50. The lowest BCUT2D eigenvalue weighted by Gasteiger charge is -2.09. The fraction of sp³-hybridized carbons (Fsp3) is 0. The van der Waals surface area contributed by atoms with Crippen LogP contribution in [-0.2, 0) is 0 Å². The summed E-state index contributed by atoms with van der Waals surface area (Å²) in [6.45, 7) is 0. The van der Waals surface area contributed by atoms with Crippen molar-refractivity contribution >= 4 is 45.6 Å². The first-order chi connectivity index (χ1) is 14.3. The summed E-state index contributed by atoms with van der Waals surface area (Å²) in [4.78, 5) is 12.5. The summed E-state index contributed by atoms with van der Waals surface area (Å²) in [6, 6.07) is 23.7. The van der Waals surface area contributed by atoms with Crippen molar-refractivity contribution < 1.29 is 0 Å². The molecule has 0 saturated carbocycles. The Morgan fingerprint density at radius 3 is 2.62 bits per heavy atom. The molecule has 0 spiro atoms. The van der Waals surface area contributed by atoms with Crippen LogP contribution in [-0.4, -0.2) is 21.2 Å². The summed E-state index contributed by atoms with van der Waals surface area (Å²) in [6.07, 6.45) is 3.69. The van der Waals surface area contributed by atoms with Crippen LogP contribution in [0.4, 0.5) is 5.95 Å². The molecule has 2 aromatic heterocycles. The molecule has 0 fully saturated rings. The minimum atomic E-state index is 0.426. The van der Waals surface area contributed by atoms with E-state index >= 15 is 0 Å². The number of halogens is 1. The number of aromatic amines is 1. The quantitative estimate of drug-likeness (QED) is 0.294. The zero-order valence-corrected chi connectivity index (χ0v) is 16.1. The molecule has 5 rings (SSSR count). The van der Waals surface area contributed by atoms with Crippen LogP contribution in [0.2, 0.25) is 5.02 Å². The normalized spacial score (nSPS) is 11.5. The second-order valence-corrected chi connectivity index (χ2v) is 7.02. The first-order valence-corrected chi connectivity index (χ1v) is 9.54. The van der Waals surface area contributed by atoms with Gasteiger partial charge in [-0.25, -0.2) is 15.4 Å². The van der Waals surface area contributed by atoms with Crippen LogP contribution in [0.1, 0.15) is 5.56 Å². The van der Waals surface area contributed by atoms with Crippen molar-refractivity contribution in [1.82, 2.24) is 15.0 Å². The summed E-state index contributed by atoms with van der Waals surface area (Å²) >= 11 is 6.21. The Morgan fingerprint density at radius 1 is 0.897 bits per heavy atom. The molecule has 5 nitrogen and oxygen atoms in total. The molecule has 0 amide bonds. The minimum Gasteiger partial charge on any atom is -0.361 e. The van der Waals surface area contributed by atoms with Gasteiger partial charge >= 0.3 is 0 Å². The van der Waals surface area contributed by atoms with Gasteiger partial charge in [0.1, 0.15) is 0 Å². The average Bonchev–Trinajstić information content (AvgIpc) is 3.17. The standard InChI is InChI=1S/C23H16ClN5/c24-17-10-11-21-19(12-17)22(15-6-2-1-3-7-15)28-23(27-21)29-26-14-16-13-25-20-9-5-4-8-18(16)20/h1-14,25H,(H,27,28,29)/b26-14-. The third kappa shape index (κ3) is 3.44. The van der Waals surface area contributed by atoms with Gasteiger partial charge < -0.3 is 4.98 Å². The highest BCUT2D eigenvalue weighted by Crippen LogP contribution is 2.29. The monoisotopic (exact) mass is 397 g/mol. The SMILES string of the molecule is Clc1ccc2nc(N/N=C\c3c[nH]c4ccccc34)nc(-c3ccccc3)c2c1. The number of hydrogen-bond donors (Lipinski definition) is 2. The first-order valence-electron chi connectivity index (χ1n) is 9.16. The highest BCUT2D eigenvalue weighted by molar-refractivity contribution is 6.31. The number of nitrogens with zero attached hydrogens (tertiary/aromatic N) is 3. The van der Waals surface area contributed by atoms with Crippen molar-refractivity contribution in [2.75, 3.05) is 5.43 Å². The van der Waals surface area contributed by atoms with E-state index in [-0.39, 0.29) is 0 Å². The second kappa shape index (κ2) is 7.37. The van der Waals surface area contributed by atoms with Crippen LogP contribution >= 0.6 is 11.6 Å². The smallest absolute Gasteiger partial charge is 0.244 e. The number of anilines is 1. The lowest BCUT2D eigenvalue weighted by molar-refractivity contribution is 1.16. The number of hydrogen-bond acceptors (Lipinski definition) is 4. The Morgan fingerprint density at radius 2 is 1.72 bits per heavy atom. The molecule has 140 valence electrons. The molecule has 29 heavy (non-hydrogen) atoms. The maximum absolute atomic E-state index is 6.21. The van der Waals surface area contributed by atoms with Gasteiger partial charge in [0.2, 0.25) is 5.95 Å². The third-order valence-electron chi connectivity index (χ3n) is 4.69. The van der Waals surface area contributed by atoms with Crippen molar-refractivity contribution in [3.8, 4) is 11.3 Å². The molecule has 0 saturated heterocycles. The number of hydrazone groups is 1. The van der Waals surface area contributed by atoms with Crippen LogP contribution < -0.4 is 5.43 Å². The molecule has 2 heterocycles. The molecular weight excluding hydrogens is 382 g/mol. The van der Waals surface area contributed by atoms with Crippen molar-refractivity contribution in [3.05, 3.63) is 89.6 Å². The lowest BCUT2D eigenvalue weighted by atomic mass is 10.1. The lowest BCUT2D eigenvalue weighted by Crippen LogP contribution is -1.99. The number of nitrogens with one attached hydrogen (secondary N) is 2. The summed E-state index contributed by atoms with van der Waals surface area (Å²) in [5.74, 6) is 0.426. The van der Waals surface area contributed by atoms with Crippen LogP contribution in [0.5, 0.6) is 0 Å². The maximum Gasteiger partial charge on any atom is 0.244 e. The Kier molecular flexibility index (Phi) is 4.42. The summed E-state index contributed by atoms with van der Waals surface area (Å²) in [5, 5.41) is 7.00. The van der Waals surface area contributed by atoms with Crippen LogP contribution in [0.15, 0.2) is 84.1 Å². The Hall–Kier alpha value is -3.70. The predicted molar refractivity (Wildman–Crippen MR) is 119 cm³/mol. The molecular formula is C23H16ClN5. The first kappa shape index (κ1) is 17.4. The number of para-hydroxylation sites is 1. The average molecular weight is 398 g/mol. The Bertz CT molecular complexity index is 1340. The van der Waals surface area contributed by atoms with Gasteiger partial charge in [0.25, 0.3) is 0 Å². The number of benzene rings is 3. The highest BCUT2D eigenvalue weighted by atomic mass is 35.5. The fourth-order valence-electron chi connectivity index (χ4n) is 3.33. The van der Waals surface area contributed by atoms with E-state index in [1.165, 1.54) is 0 Å². The molecule has 5 aromatic rings. The number of aromatic nitrogens is 3. The maximum atomic E-state index is 6.21. The van der Waals surface area contributed by atoms with Crippen molar-refractivity contribution in [2.45, 2.75) is 0 Å². The Labute approximate surface area is 172 Å². The third-order valence-corrected chi connectivity index (χ3v) is 4.93. The van der Waals surface area contributed by atoms with Crippen molar-refractivity contribution in [3.63, 3.8) is 0 Å². The molecule has 0 bridgehead atoms. The van der Waals surface area contributed by atoms with Gasteiger partial charge in [-0.2, -0.15) is 5.10 Å².